The van der Waals surface area contributed by atoms with Crippen molar-refractivity contribution in [1.29, 1.82) is 0 Å². The molecule has 33 heavy (non-hydrogen) atoms. The van der Waals surface area contributed by atoms with E-state index in [9.17, 15) is 29.4 Å². The molecular formula is C23H26N4O6. The number of nitrogens with zero attached hydrogens (tertiary/aromatic N) is 2. The summed E-state index contributed by atoms with van der Waals surface area (Å²) in [6.45, 7) is 1.19. The third-order valence-corrected chi connectivity index (χ3v) is 5.41. The topological polar surface area (TPSA) is 153 Å². The van der Waals surface area contributed by atoms with E-state index in [2.05, 4.69) is 5.32 Å². The minimum atomic E-state index is -1.05. The van der Waals surface area contributed by atoms with Gasteiger partial charge in [0.1, 0.15) is 17.5 Å². The van der Waals surface area contributed by atoms with Crippen molar-refractivity contribution in [2.45, 2.75) is 18.9 Å². The first-order valence-corrected chi connectivity index (χ1v) is 10.5. The molecule has 1 atom stereocenters. The van der Waals surface area contributed by atoms with E-state index in [4.69, 9.17) is 5.73 Å². The molecule has 10 nitrogen and oxygen atoms in total. The van der Waals surface area contributed by atoms with E-state index in [1.54, 1.807) is 29.2 Å². The second-order valence-electron chi connectivity index (χ2n) is 7.72. The number of aromatic hydroxyl groups is 2. The van der Waals surface area contributed by atoms with Gasteiger partial charge in [-0.15, -0.1) is 0 Å². The average Bonchev–Trinajstić information content (AvgIpc) is 2.81. The zero-order valence-corrected chi connectivity index (χ0v) is 17.9. The van der Waals surface area contributed by atoms with Crippen molar-refractivity contribution in [3.05, 3.63) is 59.7 Å². The average molecular weight is 454 g/mol. The maximum atomic E-state index is 13.1. The molecule has 174 valence electrons. The lowest BCUT2D eigenvalue weighted by Gasteiger charge is -2.36. The predicted octanol–water partition coefficient (Wildman–Crippen LogP) is 0.446. The van der Waals surface area contributed by atoms with Crippen molar-refractivity contribution in [3.63, 3.8) is 0 Å². The second kappa shape index (κ2) is 10.5. The zero-order chi connectivity index (χ0) is 24.0. The molecule has 0 spiro atoms. The Bertz CT molecular complexity index is 1030. The van der Waals surface area contributed by atoms with Crippen LogP contribution in [0.3, 0.4) is 0 Å². The van der Waals surface area contributed by atoms with Crippen LogP contribution in [0.1, 0.15) is 33.6 Å². The molecule has 1 heterocycles. The Labute approximate surface area is 190 Å². The van der Waals surface area contributed by atoms with E-state index in [1.165, 1.54) is 17.0 Å². The summed E-state index contributed by atoms with van der Waals surface area (Å²) in [7, 11) is 0. The number of benzene rings is 2. The molecule has 1 aliphatic rings. The van der Waals surface area contributed by atoms with Gasteiger partial charge in [0.25, 0.3) is 11.8 Å². The third-order valence-electron chi connectivity index (χ3n) is 5.41. The number of phenolic OH excluding ortho intramolecular Hbond substituents is 2. The summed E-state index contributed by atoms with van der Waals surface area (Å²) in [4.78, 5) is 52.8. The third kappa shape index (κ3) is 6.00. The quantitative estimate of drug-likeness (QED) is 0.476. The highest BCUT2D eigenvalue weighted by atomic mass is 16.3. The number of nitrogens with one attached hydrogen (secondary N) is 1. The summed E-state index contributed by atoms with van der Waals surface area (Å²) in [5.74, 6) is -2.53. The normalized spacial score (nSPS) is 14.4. The second-order valence-corrected chi connectivity index (χ2v) is 7.72. The Morgan fingerprint density at radius 1 is 0.939 bits per heavy atom. The molecule has 4 amide bonds. The van der Waals surface area contributed by atoms with Crippen molar-refractivity contribution in [2.75, 3.05) is 26.2 Å². The van der Waals surface area contributed by atoms with E-state index in [1.807, 2.05) is 6.07 Å². The molecule has 1 aliphatic heterocycles. The van der Waals surface area contributed by atoms with Crippen LogP contribution in [0.5, 0.6) is 11.5 Å². The first-order valence-electron chi connectivity index (χ1n) is 10.5. The van der Waals surface area contributed by atoms with Crippen LogP contribution in [-0.2, 0) is 9.59 Å². The Morgan fingerprint density at radius 2 is 1.58 bits per heavy atom. The summed E-state index contributed by atoms with van der Waals surface area (Å²) in [5, 5.41) is 21.9. The van der Waals surface area contributed by atoms with Crippen LogP contribution in [0.15, 0.2) is 48.5 Å². The Balaban J connectivity index is 1.66. The maximum Gasteiger partial charge on any atom is 0.255 e. The molecule has 10 heteroatoms. The molecule has 0 aliphatic carbocycles. The van der Waals surface area contributed by atoms with Gasteiger partial charge in [-0.2, -0.15) is 0 Å². The van der Waals surface area contributed by atoms with Crippen LogP contribution in [-0.4, -0.2) is 75.9 Å². The number of phenols is 2. The summed E-state index contributed by atoms with van der Waals surface area (Å²) >= 11 is 0. The SMILES string of the molecule is NC(=O)CC[C@H](NC(=O)c1ccc(O)cc1O)C(=O)N1CCN(C(=O)c2ccccc2)CC1. The van der Waals surface area contributed by atoms with E-state index in [-0.39, 0.29) is 43.2 Å². The Morgan fingerprint density at radius 3 is 2.18 bits per heavy atom. The Kier molecular flexibility index (Phi) is 7.50. The molecule has 2 aromatic rings. The highest BCUT2D eigenvalue weighted by molar-refractivity contribution is 6.00. The molecule has 0 saturated carbocycles. The predicted molar refractivity (Wildman–Crippen MR) is 118 cm³/mol. The van der Waals surface area contributed by atoms with E-state index < -0.39 is 29.5 Å². The van der Waals surface area contributed by atoms with Gasteiger partial charge >= 0.3 is 0 Å². The maximum absolute atomic E-state index is 13.1. The van der Waals surface area contributed by atoms with Crippen LogP contribution in [0.25, 0.3) is 0 Å². The number of nitrogens with two attached hydrogens (primary N) is 1. The van der Waals surface area contributed by atoms with Crippen molar-refractivity contribution in [1.82, 2.24) is 15.1 Å². The fourth-order valence-corrected chi connectivity index (χ4v) is 3.61. The molecule has 0 aromatic heterocycles. The number of piperazine rings is 1. The minimum Gasteiger partial charge on any atom is -0.508 e. The molecule has 3 rings (SSSR count). The van der Waals surface area contributed by atoms with Gasteiger partial charge in [0.05, 0.1) is 5.56 Å². The number of primary amides is 1. The highest BCUT2D eigenvalue weighted by Crippen LogP contribution is 2.22. The van der Waals surface area contributed by atoms with Gasteiger partial charge in [-0.25, -0.2) is 0 Å². The van der Waals surface area contributed by atoms with Gasteiger partial charge < -0.3 is 31.1 Å². The molecule has 2 aromatic carbocycles. The van der Waals surface area contributed by atoms with Crippen LogP contribution in [0.2, 0.25) is 0 Å². The van der Waals surface area contributed by atoms with Crippen molar-refractivity contribution >= 4 is 23.6 Å². The smallest absolute Gasteiger partial charge is 0.255 e. The number of carbonyl (C=O) groups excluding carboxylic acids is 4. The highest BCUT2D eigenvalue weighted by Gasteiger charge is 2.31. The van der Waals surface area contributed by atoms with Crippen LogP contribution < -0.4 is 11.1 Å². The van der Waals surface area contributed by atoms with Gasteiger partial charge in [-0.3, -0.25) is 19.2 Å². The van der Waals surface area contributed by atoms with Crippen LogP contribution >= 0.6 is 0 Å². The van der Waals surface area contributed by atoms with Gasteiger partial charge in [0, 0.05) is 44.2 Å². The summed E-state index contributed by atoms with van der Waals surface area (Å²) in [6.07, 6.45) is -0.132. The lowest BCUT2D eigenvalue weighted by Crippen LogP contribution is -2.56. The molecule has 0 unspecified atom stereocenters. The van der Waals surface area contributed by atoms with Crippen molar-refractivity contribution in [3.8, 4) is 11.5 Å². The van der Waals surface area contributed by atoms with Crippen molar-refractivity contribution in [2.24, 2.45) is 5.73 Å². The molecule has 1 fully saturated rings. The Hall–Kier alpha value is -4.08. The number of hydrogen-bond acceptors (Lipinski definition) is 6. The molecule has 1 saturated heterocycles. The van der Waals surface area contributed by atoms with Crippen molar-refractivity contribution < 1.29 is 29.4 Å². The van der Waals surface area contributed by atoms with Crippen LogP contribution in [0, 0.1) is 0 Å². The monoisotopic (exact) mass is 454 g/mol. The zero-order valence-electron chi connectivity index (χ0n) is 17.9. The molecule has 0 bridgehead atoms. The first-order chi connectivity index (χ1) is 15.8. The van der Waals surface area contributed by atoms with E-state index in [0.29, 0.717) is 18.7 Å². The standard InChI is InChI=1S/C23H26N4O6/c24-20(30)9-8-18(25-21(31)17-7-6-16(28)14-19(17)29)23(33)27-12-10-26(11-13-27)22(32)15-4-2-1-3-5-15/h1-7,14,18,28-29H,8-13H2,(H2,24,30)(H,25,31)/t18-/m0/s1. The van der Waals surface area contributed by atoms with Gasteiger partial charge in [-0.1, -0.05) is 18.2 Å². The van der Waals surface area contributed by atoms with Crippen LogP contribution in [0.4, 0.5) is 0 Å². The number of carbonyl (C=O) groups is 4. The lowest BCUT2D eigenvalue weighted by atomic mass is 10.1. The van der Waals surface area contributed by atoms with E-state index in [0.717, 1.165) is 6.07 Å². The largest absolute Gasteiger partial charge is 0.508 e. The number of rotatable bonds is 7. The fourth-order valence-electron chi connectivity index (χ4n) is 3.61. The lowest BCUT2D eigenvalue weighted by molar-refractivity contribution is -0.135. The van der Waals surface area contributed by atoms with Gasteiger partial charge in [0.2, 0.25) is 11.8 Å². The summed E-state index contributed by atoms with van der Waals surface area (Å²) < 4.78 is 0. The molecular weight excluding hydrogens is 428 g/mol. The summed E-state index contributed by atoms with van der Waals surface area (Å²) in [5.41, 5.74) is 5.67. The number of hydrogen-bond donors (Lipinski definition) is 4. The van der Waals surface area contributed by atoms with Gasteiger partial charge in [-0.05, 0) is 30.7 Å². The molecule has 0 radical (unpaired) electrons. The molecule has 5 N–H and O–H groups in total. The number of amides is 4. The minimum absolute atomic E-state index is 0.0120. The van der Waals surface area contributed by atoms with E-state index >= 15 is 0 Å². The van der Waals surface area contributed by atoms with Gasteiger partial charge in [0.15, 0.2) is 0 Å². The summed E-state index contributed by atoms with van der Waals surface area (Å²) in [6, 6.07) is 11.3. The fraction of sp³-hybridized carbons (Fsp3) is 0.304. The first kappa shape index (κ1) is 23.6.